The van der Waals surface area contributed by atoms with E-state index in [-0.39, 0.29) is 11.3 Å². The summed E-state index contributed by atoms with van der Waals surface area (Å²) in [6.45, 7) is 5.15. The highest BCUT2D eigenvalue weighted by Gasteiger charge is 2.47. The molecule has 0 radical (unpaired) electrons. The summed E-state index contributed by atoms with van der Waals surface area (Å²) in [6, 6.07) is 7.43. The van der Waals surface area contributed by atoms with Gasteiger partial charge in [0, 0.05) is 12.2 Å². The lowest BCUT2D eigenvalue weighted by Crippen LogP contribution is -2.51. The standard InChI is InChI=1S/C15H22N2O2/c1-3-19-13-6-4-12(5-7-13)17-14(18)15(10-16)8-11(2)9-15/h4-7,11H,3,8-10,16H2,1-2H3,(H,17,18). The molecule has 19 heavy (non-hydrogen) atoms. The predicted octanol–water partition coefficient (Wildman–Crippen LogP) is 2.40. The fourth-order valence-electron chi connectivity index (χ4n) is 2.78. The molecule has 0 saturated heterocycles. The average Bonchev–Trinajstić information content (AvgIpc) is 2.37. The molecule has 1 aromatic carbocycles. The second-order valence-corrected chi connectivity index (χ2v) is 5.41. The maximum atomic E-state index is 12.3. The van der Waals surface area contributed by atoms with Crippen molar-refractivity contribution in [2.75, 3.05) is 18.5 Å². The molecule has 0 unspecified atom stereocenters. The predicted molar refractivity (Wildman–Crippen MR) is 76.1 cm³/mol. The summed E-state index contributed by atoms with van der Waals surface area (Å²) < 4.78 is 5.37. The molecule has 4 heteroatoms. The zero-order valence-electron chi connectivity index (χ0n) is 11.6. The molecule has 1 aliphatic carbocycles. The molecular formula is C15H22N2O2. The van der Waals surface area contributed by atoms with E-state index in [1.165, 1.54) is 0 Å². The number of benzene rings is 1. The van der Waals surface area contributed by atoms with E-state index in [1.54, 1.807) is 0 Å². The average molecular weight is 262 g/mol. The first-order chi connectivity index (χ1) is 9.09. The number of anilines is 1. The maximum absolute atomic E-state index is 12.3. The summed E-state index contributed by atoms with van der Waals surface area (Å²) in [6.07, 6.45) is 1.76. The third-order valence-electron chi connectivity index (χ3n) is 3.77. The van der Waals surface area contributed by atoms with Crippen LogP contribution in [0, 0.1) is 11.3 Å². The Labute approximate surface area is 114 Å². The lowest BCUT2D eigenvalue weighted by molar-refractivity contribution is -0.132. The Morgan fingerprint density at radius 3 is 2.53 bits per heavy atom. The Balaban J connectivity index is 1.98. The number of carbonyl (C=O) groups is 1. The second-order valence-electron chi connectivity index (χ2n) is 5.41. The molecule has 1 aromatic rings. The number of amides is 1. The quantitative estimate of drug-likeness (QED) is 0.856. The van der Waals surface area contributed by atoms with Gasteiger partial charge in [-0.05, 0) is 49.9 Å². The van der Waals surface area contributed by atoms with Crippen molar-refractivity contribution in [2.24, 2.45) is 17.1 Å². The molecule has 2 rings (SSSR count). The lowest BCUT2D eigenvalue weighted by atomic mass is 9.62. The van der Waals surface area contributed by atoms with Crippen molar-refractivity contribution < 1.29 is 9.53 Å². The molecular weight excluding hydrogens is 240 g/mol. The van der Waals surface area contributed by atoms with Gasteiger partial charge in [-0.1, -0.05) is 6.92 Å². The fraction of sp³-hybridized carbons (Fsp3) is 0.533. The van der Waals surface area contributed by atoms with E-state index in [4.69, 9.17) is 10.5 Å². The van der Waals surface area contributed by atoms with Crippen LogP contribution in [0.3, 0.4) is 0 Å². The fourth-order valence-corrected chi connectivity index (χ4v) is 2.78. The minimum Gasteiger partial charge on any atom is -0.494 e. The number of nitrogens with two attached hydrogens (primary N) is 1. The van der Waals surface area contributed by atoms with Crippen LogP contribution in [0.4, 0.5) is 5.69 Å². The summed E-state index contributed by atoms with van der Waals surface area (Å²) in [4.78, 5) is 12.3. The summed E-state index contributed by atoms with van der Waals surface area (Å²) in [5, 5.41) is 2.95. The normalized spacial score (nSPS) is 25.5. The molecule has 0 aromatic heterocycles. The van der Waals surface area contributed by atoms with E-state index < -0.39 is 0 Å². The van der Waals surface area contributed by atoms with E-state index in [0.29, 0.717) is 19.1 Å². The van der Waals surface area contributed by atoms with Crippen LogP contribution in [-0.4, -0.2) is 19.1 Å². The maximum Gasteiger partial charge on any atom is 0.231 e. The summed E-state index contributed by atoms with van der Waals surface area (Å²) in [7, 11) is 0. The van der Waals surface area contributed by atoms with Gasteiger partial charge in [0.1, 0.15) is 5.75 Å². The lowest BCUT2D eigenvalue weighted by Gasteiger charge is -2.44. The Hall–Kier alpha value is -1.55. The molecule has 3 N–H and O–H groups in total. The van der Waals surface area contributed by atoms with Crippen molar-refractivity contribution in [2.45, 2.75) is 26.7 Å². The van der Waals surface area contributed by atoms with Gasteiger partial charge in [-0.3, -0.25) is 4.79 Å². The van der Waals surface area contributed by atoms with Crippen LogP contribution in [0.1, 0.15) is 26.7 Å². The largest absolute Gasteiger partial charge is 0.494 e. The van der Waals surface area contributed by atoms with Crippen LogP contribution in [0.5, 0.6) is 5.75 Å². The molecule has 4 nitrogen and oxygen atoms in total. The molecule has 104 valence electrons. The zero-order valence-corrected chi connectivity index (χ0v) is 11.6. The molecule has 0 bridgehead atoms. The van der Waals surface area contributed by atoms with Gasteiger partial charge in [-0.2, -0.15) is 0 Å². The molecule has 0 spiro atoms. The number of hydrogen-bond acceptors (Lipinski definition) is 3. The molecule has 0 heterocycles. The highest BCUT2D eigenvalue weighted by Crippen LogP contribution is 2.45. The van der Waals surface area contributed by atoms with Gasteiger partial charge < -0.3 is 15.8 Å². The van der Waals surface area contributed by atoms with Crippen LogP contribution < -0.4 is 15.8 Å². The van der Waals surface area contributed by atoms with Crippen molar-refractivity contribution in [1.29, 1.82) is 0 Å². The molecule has 1 saturated carbocycles. The van der Waals surface area contributed by atoms with Gasteiger partial charge in [0.05, 0.1) is 12.0 Å². The van der Waals surface area contributed by atoms with Crippen LogP contribution in [-0.2, 0) is 4.79 Å². The molecule has 0 atom stereocenters. The van der Waals surface area contributed by atoms with Crippen LogP contribution in [0.25, 0.3) is 0 Å². The third-order valence-corrected chi connectivity index (χ3v) is 3.77. The first kappa shape index (κ1) is 13.9. The van der Waals surface area contributed by atoms with Crippen molar-refractivity contribution in [3.63, 3.8) is 0 Å². The van der Waals surface area contributed by atoms with Crippen LogP contribution >= 0.6 is 0 Å². The minimum absolute atomic E-state index is 0.0391. The zero-order chi connectivity index (χ0) is 13.9. The van der Waals surface area contributed by atoms with Crippen molar-refractivity contribution >= 4 is 11.6 Å². The molecule has 0 aliphatic heterocycles. The molecule has 1 aliphatic rings. The van der Waals surface area contributed by atoms with E-state index >= 15 is 0 Å². The summed E-state index contributed by atoms with van der Waals surface area (Å²) in [5.74, 6) is 1.44. The minimum atomic E-state index is -0.363. The van der Waals surface area contributed by atoms with E-state index in [2.05, 4.69) is 12.2 Å². The Bertz CT molecular complexity index is 436. The van der Waals surface area contributed by atoms with Gasteiger partial charge in [0.2, 0.25) is 5.91 Å². The van der Waals surface area contributed by atoms with E-state index in [0.717, 1.165) is 24.3 Å². The second kappa shape index (κ2) is 5.61. The van der Waals surface area contributed by atoms with Gasteiger partial charge in [0.15, 0.2) is 0 Å². The highest BCUT2D eigenvalue weighted by molar-refractivity contribution is 5.96. The number of carbonyl (C=O) groups excluding carboxylic acids is 1. The Kier molecular flexibility index (Phi) is 4.10. The number of rotatable bonds is 5. The van der Waals surface area contributed by atoms with Crippen molar-refractivity contribution in [3.8, 4) is 5.75 Å². The monoisotopic (exact) mass is 262 g/mol. The van der Waals surface area contributed by atoms with Gasteiger partial charge in [0.25, 0.3) is 0 Å². The Morgan fingerprint density at radius 2 is 2.05 bits per heavy atom. The smallest absolute Gasteiger partial charge is 0.231 e. The summed E-state index contributed by atoms with van der Waals surface area (Å²) >= 11 is 0. The van der Waals surface area contributed by atoms with Crippen molar-refractivity contribution in [1.82, 2.24) is 0 Å². The van der Waals surface area contributed by atoms with E-state index in [9.17, 15) is 4.79 Å². The third kappa shape index (κ3) is 2.89. The first-order valence-electron chi connectivity index (χ1n) is 6.84. The Morgan fingerprint density at radius 1 is 1.42 bits per heavy atom. The molecule has 1 amide bonds. The van der Waals surface area contributed by atoms with Gasteiger partial charge in [-0.15, -0.1) is 0 Å². The molecule has 1 fully saturated rings. The summed E-state index contributed by atoms with van der Waals surface area (Å²) in [5.41, 5.74) is 6.20. The van der Waals surface area contributed by atoms with Crippen LogP contribution in [0.15, 0.2) is 24.3 Å². The SMILES string of the molecule is CCOc1ccc(NC(=O)C2(CN)CC(C)C2)cc1. The topological polar surface area (TPSA) is 64.3 Å². The number of ether oxygens (including phenoxy) is 1. The first-order valence-corrected chi connectivity index (χ1v) is 6.84. The van der Waals surface area contributed by atoms with Crippen LogP contribution in [0.2, 0.25) is 0 Å². The van der Waals surface area contributed by atoms with Gasteiger partial charge in [-0.25, -0.2) is 0 Å². The van der Waals surface area contributed by atoms with Crippen molar-refractivity contribution in [3.05, 3.63) is 24.3 Å². The number of nitrogens with one attached hydrogen (secondary N) is 1. The van der Waals surface area contributed by atoms with E-state index in [1.807, 2.05) is 31.2 Å². The highest BCUT2D eigenvalue weighted by atomic mass is 16.5. The van der Waals surface area contributed by atoms with Gasteiger partial charge >= 0.3 is 0 Å². The number of hydrogen-bond donors (Lipinski definition) is 2.